The van der Waals surface area contributed by atoms with Crippen molar-refractivity contribution in [1.82, 2.24) is 9.88 Å². The maximum Gasteiger partial charge on any atom is 0.330 e. The van der Waals surface area contributed by atoms with Gasteiger partial charge in [0.05, 0.1) is 18.9 Å². The first-order valence-electron chi connectivity index (χ1n) is 9.75. The number of ether oxygens (including phenoxy) is 2. The van der Waals surface area contributed by atoms with E-state index < -0.39 is 0 Å². The van der Waals surface area contributed by atoms with Crippen LogP contribution in [0.5, 0.6) is 0 Å². The Kier molecular flexibility index (Phi) is 8.26. The molecule has 144 valence electrons. The van der Waals surface area contributed by atoms with Crippen molar-refractivity contribution in [2.45, 2.75) is 65.1 Å². The number of pyridine rings is 1. The molecular weight excluding hydrogens is 328 g/mol. The maximum atomic E-state index is 11.9. The third-order valence-corrected chi connectivity index (χ3v) is 4.75. The Morgan fingerprint density at radius 3 is 2.77 bits per heavy atom. The first kappa shape index (κ1) is 20.6. The van der Waals surface area contributed by atoms with Crippen molar-refractivity contribution in [3.05, 3.63) is 35.2 Å². The molecule has 2 rings (SSSR count). The highest BCUT2D eigenvalue weighted by molar-refractivity contribution is 5.87. The van der Waals surface area contributed by atoms with E-state index >= 15 is 0 Å². The minimum absolute atomic E-state index is 0.131. The van der Waals surface area contributed by atoms with Crippen LogP contribution in [-0.2, 0) is 20.7 Å². The quantitative estimate of drug-likeness (QED) is 0.376. The Hall–Kier alpha value is -1.72. The summed E-state index contributed by atoms with van der Waals surface area (Å²) in [5, 5.41) is 0. The van der Waals surface area contributed by atoms with E-state index in [-0.39, 0.29) is 12.2 Å². The van der Waals surface area contributed by atoms with Crippen LogP contribution < -0.4 is 0 Å². The molecule has 1 aromatic rings. The molecule has 5 heteroatoms. The van der Waals surface area contributed by atoms with Crippen LogP contribution in [0.15, 0.2) is 18.2 Å². The SMILES string of the molecule is CCCCOC(=O)/C=C/c1nc(CCCC)ccc1C1OCC(C)N1C. The van der Waals surface area contributed by atoms with Gasteiger partial charge >= 0.3 is 5.97 Å². The summed E-state index contributed by atoms with van der Waals surface area (Å²) < 4.78 is 11.2. The lowest BCUT2D eigenvalue weighted by Gasteiger charge is -2.22. The molecule has 0 radical (unpaired) electrons. The van der Waals surface area contributed by atoms with E-state index in [0.717, 1.165) is 49.1 Å². The Morgan fingerprint density at radius 2 is 2.12 bits per heavy atom. The highest BCUT2D eigenvalue weighted by Gasteiger charge is 2.31. The third-order valence-electron chi connectivity index (χ3n) is 4.75. The molecule has 2 heterocycles. The molecular formula is C21H32N2O3. The van der Waals surface area contributed by atoms with Gasteiger partial charge < -0.3 is 9.47 Å². The Morgan fingerprint density at radius 1 is 1.35 bits per heavy atom. The van der Waals surface area contributed by atoms with Gasteiger partial charge in [0, 0.05) is 23.4 Å². The zero-order chi connectivity index (χ0) is 18.9. The molecule has 0 saturated carbocycles. The van der Waals surface area contributed by atoms with Crippen LogP contribution in [0.4, 0.5) is 0 Å². The molecule has 1 saturated heterocycles. The van der Waals surface area contributed by atoms with Gasteiger partial charge in [0.1, 0.15) is 6.23 Å². The fraction of sp³-hybridized carbons (Fsp3) is 0.619. The summed E-state index contributed by atoms with van der Waals surface area (Å²) >= 11 is 0. The minimum Gasteiger partial charge on any atom is -0.463 e. The molecule has 2 atom stereocenters. The normalized spacial score (nSPS) is 20.8. The molecule has 0 aliphatic carbocycles. The van der Waals surface area contributed by atoms with Crippen LogP contribution in [-0.4, -0.2) is 42.2 Å². The van der Waals surface area contributed by atoms with Gasteiger partial charge in [-0.2, -0.15) is 0 Å². The van der Waals surface area contributed by atoms with Crippen LogP contribution in [0.2, 0.25) is 0 Å². The van der Waals surface area contributed by atoms with E-state index in [4.69, 9.17) is 14.5 Å². The fourth-order valence-electron chi connectivity index (χ4n) is 2.89. The van der Waals surface area contributed by atoms with Crippen molar-refractivity contribution >= 4 is 12.0 Å². The molecule has 0 N–H and O–H groups in total. The van der Waals surface area contributed by atoms with Gasteiger partial charge in [0.15, 0.2) is 0 Å². The van der Waals surface area contributed by atoms with E-state index in [2.05, 4.69) is 44.9 Å². The number of likely N-dealkylation sites (N-methyl/N-ethyl adjacent to an activating group) is 1. The van der Waals surface area contributed by atoms with Crippen LogP contribution in [0, 0.1) is 0 Å². The number of unbranched alkanes of at least 4 members (excludes halogenated alkanes) is 2. The average molecular weight is 360 g/mol. The Balaban J connectivity index is 2.20. The summed E-state index contributed by atoms with van der Waals surface area (Å²) in [4.78, 5) is 18.9. The van der Waals surface area contributed by atoms with Crippen molar-refractivity contribution < 1.29 is 14.3 Å². The van der Waals surface area contributed by atoms with E-state index in [1.54, 1.807) is 6.08 Å². The summed E-state index contributed by atoms with van der Waals surface area (Å²) in [5.41, 5.74) is 2.83. The number of hydrogen-bond donors (Lipinski definition) is 0. The molecule has 0 bridgehead atoms. The molecule has 1 aromatic heterocycles. The predicted molar refractivity (Wildman–Crippen MR) is 104 cm³/mol. The second-order valence-corrected chi connectivity index (χ2v) is 6.94. The second-order valence-electron chi connectivity index (χ2n) is 6.94. The van der Waals surface area contributed by atoms with Gasteiger partial charge in [0.25, 0.3) is 0 Å². The smallest absolute Gasteiger partial charge is 0.330 e. The zero-order valence-corrected chi connectivity index (χ0v) is 16.5. The number of aromatic nitrogens is 1. The predicted octanol–water partition coefficient (Wildman–Crippen LogP) is 4.13. The van der Waals surface area contributed by atoms with Gasteiger partial charge in [-0.25, -0.2) is 4.79 Å². The summed E-state index contributed by atoms with van der Waals surface area (Å²) in [6.45, 7) is 7.54. The van der Waals surface area contributed by atoms with Gasteiger partial charge in [-0.1, -0.05) is 32.8 Å². The lowest BCUT2D eigenvalue weighted by Crippen LogP contribution is -2.26. The van der Waals surface area contributed by atoms with Crippen molar-refractivity contribution in [1.29, 1.82) is 0 Å². The van der Waals surface area contributed by atoms with Crippen molar-refractivity contribution in [2.24, 2.45) is 0 Å². The van der Waals surface area contributed by atoms with Crippen molar-refractivity contribution in [3.8, 4) is 0 Å². The molecule has 0 aromatic carbocycles. The Bertz CT molecular complexity index is 615. The van der Waals surface area contributed by atoms with E-state index in [9.17, 15) is 4.79 Å². The molecule has 0 amide bonds. The first-order chi connectivity index (χ1) is 12.6. The molecule has 2 unspecified atom stereocenters. The highest BCUT2D eigenvalue weighted by atomic mass is 16.5. The number of carbonyl (C=O) groups is 1. The number of nitrogens with zero attached hydrogens (tertiary/aromatic N) is 2. The topological polar surface area (TPSA) is 51.7 Å². The van der Waals surface area contributed by atoms with Crippen molar-refractivity contribution in [2.75, 3.05) is 20.3 Å². The number of esters is 1. The standard InChI is InChI=1S/C21H32N2O3/c1-5-7-9-17-10-11-18(21-23(4)16(3)15-26-21)19(22-17)12-13-20(24)25-14-8-6-2/h10-13,16,21H,5-9,14-15H2,1-4H3/b13-12+. The van der Waals surface area contributed by atoms with Crippen LogP contribution in [0.1, 0.15) is 69.6 Å². The van der Waals surface area contributed by atoms with E-state index in [1.807, 2.05) is 0 Å². The summed E-state index contributed by atoms with van der Waals surface area (Å²) in [6.07, 6.45) is 8.17. The summed E-state index contributed by atoms with van der Waals surface area (Å²) in [5.74, 6) is -0.320. The largest absolute Gasteiger partial charge is 0.463 e. The third kappa shape index (κ3) is 5.64. The maximum absolute atomic E-state index is 11.9. The fourth-order valence-corrected chi connectivity index (χ4v) is 2.89. The minimum atomic E-state index is -0.320. The van der Waals surface area contributed by atoms with E-state index in [0.29, 0.717) is 19.3 Å². The monoisotopic (exact) mass is 360 g/mol. The number of hydrogen-bond acceptors (Lipinski definition) is 5. The lowest BCUT2D eigenvalue weighted by molar-refractivity contribution is -0.137. The lowest BCUT2D eigenvalue weighted by atomic mass is 10.1. The highest BCUT2D eigenvalue weighted by Crippen LogP contribution is 2.31. The number of carbonyl (C=O) groups excluding carboxylic acids is 1. The van der Waals surface area contributed by atoms with Gasteiger partial charge in [-0.3, -0.25) is 9.88 Å². The molecule has 1 aliphatic heterocycles. The molecule has 1 fully saturated rings. The van der Waals surface area contributed by atoms with Crippen LogP contribution in [0.3, 0.4) is 0 Å². The molecule has 0 spiro atoms. The number of rotatable bonds is 9. The molecule has 5 nitrogen and oxygen atoms in total. The van der Waals surface area contributed by atoms with E-state index in [1.165, 1.54) is 6.08 Å². The summed E-state index contributed by atoms with van der Waals surface area (Å²) in [6, 6.07) is 4.51. The molecule has 1 aliphatic rings. The van der Waals surface area contributed by atoms with Crippen LogP contribution >= 0.6 is 0 Å². The van der Waals surface area contributed by atoms with Crippen LogP contribution in [0.25, 0.3) is 6.08 Å². The van der Waals surface area contributed by atoms with Gasteiger partial charge in [-0.15, -0.1) is 0 Å². The molecule has 26 heavy (non-hydrogen) atoms. The number of aryl methyl sites for hydroxylation is 1. The first-order valence-corrected chi connectivity index (χ1v) is 9.75. The zero-order valence-electron chi connectivity index (χ0n) is 16.5. The van der Waals surface area contributed by atoms with Gasteiger partial charge in [0.2, 0.25) is 0 Å². The second kappa shape index (κ2) is 10.4. The van der Waals surface area contributed by atoms with Crippen molar-refractivity contribution in [3.63, 3.8) is 0 Å². The average Bonchev–Trinajstić information content (AvgIpc) is 2.97. The summed E-state index contributed by atoms with van der Waals surface area (Å²) in [7, 11) is 2.06. The van der Waals surface area contributed by atoms with Gasteiger partial charge in [-0.05, 0) is 45.4 Å². The Labute approximate surface area is 157 Å².